The summed E-state index contributed by atoms with van der Waals surface area (Å²) in [6.45, 7) is 0.118. The predicted octanol–water partition coefficient (Wildman–Crippen LogP) is 1.13. The number of fused-ring (bicyclic) bond motifs is 1. The van der Waals surface area contributed by atoms with Crippen molar-refractivity contribution in [3.05, 3.63) is 22.7 Å². The molecule has 0 spiro atoms. The summed E-state index contributed by atoms with van der Waals surface area (Å²) in [6, 6.07) is 2.71. The van der Waals surface area contributed by atoms with Crippen molar-refractivity contribution in [2.24, 2.45) is 0 Å². The second-order valence-corrected chi connectivity index (χ2v) is 3.00. The van der Waals surface area contributed by atoms with E-state index < -0.39 is 0 Å². The number of benzene rings is 1. The fourth-order valence-corrected chi connectivity index (χ4v) is 1.28. The molecule has 1 heterocycles. The number of nitrogens with one attached hydrogen (secondary N) is 1. The van der Waals surface area contributed by atoms with Crippen molar-refractivity contribution >= 4 is 17.5 Å². The molecule has 0 aromatic heterocycles. The first kappa shape index (κ1) is 8.19. The van der Waals surface area contributed by atoms with Gasteiger partial charge >= 0.3 is 0 Å². The smallest absolute Gasteiger partial charge is 0.257 e. The molecule has 5 heteroatoms. The molecule has 1 aliphatic heterocycles. The van der Waals surface area contributed by atoms with Gasteiger partial charge < -0.3 is 15.2 Å². The first-order chi connectivity index (χ1) is 6.18. The van der Waals surface area contributed by atoms with Crippen molar-refractivity contribution in [3.8, 4) is 11.5 Å². The molecule has 0 unspecified atom stereocenters. The second kappa shape index (κ2) is 2.81. The minimum absolute atomic E-state index is 0.0879. The number of aromatic hydroxyl groups is 1. The Morgan fingerprint density at radius 3 is 3.08 bits per heavy atom. The Balaban J connectivity index is 2.58. The lowest BCUT2D eigenvalue weighted by atomic mass is 10.1. The van der Waals surface area contributed by atoms with Crippen LogP contribution in [0.15, 0.2) is 12.1 Å². The van der Waals surface area contributed by atoms with Crippen LogP contribution in [0.25, 0.3) is 0 Å². The molecular weight excluding hydrogens is 194 g/mol. The van der Waals surface area contributed by atoms with Crippen LogP contribution >= 0.6 is 11.6 Å². The molecule has 13 heavy (non-hydrogen) atoms. The van der Waals surface area contributed by atoms with Crippen LogP contribution in [0.1, 0.15) is 10.4 Å². The molecule has 1 aromatic rings. The highest BCUT2D eigenvalue weighted by Gasteiger charge is 2.19. The van der Waals surface area contributed by atoms with Gasteiger partial charge in [-0.05, 0) is 6.07 Å². The molecule has 0 radical (unpaired) electrons. The maximum absolute atomic E-state index is 11.2. The van der Waals surface area contributed by atoms with Gasteiger partial charge in [-0.15, -0.1) is 0 Å². The summed E-state index contributed by atoms with van der Waals surface area (Å²) >= 11 is 5.63. The van der Waals surface area contributed by atoms with E-state index in [0.29, 0.717) is 11.3 Å². The third kappa shape index (κ3) is 1.29. The van der Waals surface area contributed by atoms with Crippen molar-refractivity contribution in [2.75, 3.05) is 6.73 Å². The number of phenols is 1. The molecule has 1 aromatic carbocycles. The summed E-state index contributed by atoms with van der Waals surface area (Å²) < 4.78 is 5.08. The van der Waals surface area contributed by atoms with Crippen LogP contribution in [0.5, 0.6) is 11.5 Å². The molecule has 0 saturated heterocycles. The van der Waals surface area contributed by atoms with Gasteiger partial charge in [0.15, 0.2) is 6.73 Å². The van der Waals surface area contributed by atoms with E-state index in [0.717, 1.165) is 0 Å². The lowest BCUT2D eigenvalue weighted by Gasteiger charge is -2.17. The zero-order valence-electron chi connectivity index (χ0n) is 6.50. The Morgan fingerprint density at radius 2 is 2.31 bits per heavy atom. The summed E-state index contributed by atoms with van der Waals surface area (Å²) in [6.07, 6.45) is 0. The summed E-state index contributed by atoms with van der Waals surface area (Å²) in [5.41, 5.74) is 0.342. The molecule has 0 aliphatic carbocycles. The van der Waals surface area contributed by atoms with E-state index in [4.69, 9.17) is 16.3 Å². The first-order valence-electron chi connectivity index (χ1n) is 3.62. The van der Waals surface area contributed by atoms with Gasteiger partial charge in [-0.3, -0.25) is 4.79 Å². The highest BCUT2D eigenvalue weighted by Crippen LogP contribution is 2.32. The van der Waals surface area contributed by atoms with E-state index in [1.165, 1.54) is 12.1 Å². The third-order valence-corrected chi connectivity index (χ3v) is 2.06. The minimum Gasteiger partial charge on any atom is -0.506 e. The van der Waals surface area contributed by atoms with Crippen molar-refractivity contribution in [1.29, 1.82) is 0 Å². The maximum atomic E-state index is 11.2. The van der Waals surface area contributed by atoms with Crippen molar-refractivity contribution < 1.29 is 14.6 Å². The predicted molar refractivity (Wildman–Crippen MR) is 46.1 cm³/mol. The van der Waals surface area contributed by atoms with Crippen molar-refractivity contribution in [2.45, 2.75) is 0 Å². The molecular formula is C8H6ClNO3. The number of carbonyl (C=O) groups is 1. The Bertz CT molecular complexity index is 378. The molecule has 2 N–H and O–H groups in total. The number of rotatable bonds is 0. The highest BCUT2D eigenvalue weighted by atomic mass is 35.5. The zero-order chi connectivity index (χ0) is 9.42. The first-order valence-corrected chi connectivity index (χ1v) is 4.00. The lowest BCUT2D eigenvalue weighted by molar-refractivity contribution is 0.0883. The van der Waals surface area contributed by atoms with Crippen LogP contribution < -0.4 is 10.1 Å². The van der Waals surface area contributed by atoms with Crippen LogP contribution in [-0.4, -0.2) is 17.7 Å². The molecule has 0 atom stereocenters. The zero-order valence-corrected chi connectivity index (χ0v) is 7.26. The average molecular weight is 200 g/mol. The van der Waals surface area contributed by atoms with Gasteiger partial charge in [0, 0.05) is 6.07 Å². The Morgan fingerprint density at radius 1 is 1.54 bits per heavy atom. The average Bonchev–Trinajstić information content (AvgIpc) is 2.09. The van der Waals surface area contributed by atoms with E-state index in [1.807, 2.05) is 0 Å². The highest BCUT2D eigenvalue weighted by molar-refractivity contribution is 6.32. The fraction of sp³-hybridized carbons (Fsp3) is 0.125. The van der Waals surface area contributed by atoms with E-state index in [-0.39, 0.29) is 23.4 Å². The second-order valence-electron chi connectivity index (χ2n) is 2.59. The Labute approximate surface area is 79.1 Å². The number of carbonyl (C=O) groups excluding carboxylic acids is 1. The summed E-state index contributed by atoms with van der Waals surface area (Å²) in [5, 5.41) is 11.8. The largest absolute Gasteiger partial charge is 0.506 e. The molecule has 1 amide bonds. The molecule has 0 bridgehead atoms. The SMILES string of the molecule is O=C1NCOc2cc(O)c(Cl)cc21. The van der Waals surface area contributed by atoms with Gasteiger partial charge in [-0.1, -0.05) is 11.6 Å². The van der Waals surface area contributed by atoms with Gasteiger partial charge in [0.1, 0.15) is 11.5 Å². The van der Waals surface area contributed by atoms with Gasteiger partial charge in [-0.2, -0.15) is 0 Å². The molecule has 0 fully saturated rings. The Hall–Kier alpha value is -1.42. The number of halogens is 1. The number of hydrogen-bond donors (Lipinski definition) is 2. The van der Waals surface area contributed by atoms with E-state index in [1.54, 1.807) is 0 Å². The van der Waals surface area contributed by atoms with E-state index in [2.05, 4.69) is 5.32 Å². The topological polar surface area (TPSA) is 58.6 Å². The van der Waals surface area contributed by atoms with Crippen molar-refractivity contribution in [1.82, 2.24) is 5.32 Å². The van der Waals surface area contributed by atoms with Gasteiger partial charge in [0.05, 0.1) is 10.6 Å². The fourth-order valence-electron chi connectivity index (χ4n) is 1.11. The molecule has 68 valence electrons. The monoisotopic (exact) mass is 199 g/mol. The Kier molecular flexibility index (Phi) is 1.77. The summed E-state index contributed by atoms with van der Waals surface area (Å²) in [5.74, 6) is 0.0175. The van der Waals surface area contributed by atoms with Gasteiger partial charge in [-0.25, -0.2) is 0 Å². The van der Waals surface area contributed by atoms with Crippen molar-refractivity contribution in [3.63, 3.8) is 0 Å². The van der Waals surface area contributed by atoms with E-state index >= 15 is 0 Å². The minimum atomic E-state index is -0.247. The number of phenolic OH excluding ortho intramolecular Hbond substituents is 1. The third-order valence-electron chi connectivity index (χ3n) is 1.75. The quantitative estimate of drug-likeness (QED) is 0.659. The van der Waals surface area contributed by atoms with Crippen LogP contribution in [-0.2, 0) is 0 Å². The number of amides is 1. The number of ether oxygens (including phenoxy) is 1. The molecule has 1 aliphatic rings. The molecule has 0 saturated carbocycles. The van der Waals surface area contributed by atoms with Gasteiger partial charge in [0.25, 0.3) is 5.91 Å². The lowest BCUT2D eigenvalue weighted by Crippen LogP contribution is -2.32. The van der Waals surface area contributed by atoms with Crippen LogP contribution in [0, 0.1) is 0 Å². The van der Waals surface area contributed by atoms with Crippen LogP contribution in [0.2, 0.25) is 5.02 Å². The van der Waals surface area contributed by atoms with Gasteiger partial charge in [0.2, 0.25) is 0 Å². The van der Waals surface area contributed by atoms with E-state index in [9.17, 15) is 9.90 Å². The maximum Gasteiger partial charge on any atom is 0.257 e. The van der Waals surface area contributed by atoms with Crippen LogP contribution in [0.4, 0.5) is 0 Å². The summed E-state index contributed by atoms with van der Waals surface area (Å²) in [7, 11) is 0. The summed E-state index contributed by atoms with van der Waals surface area (Å²) in [4.78, 5) is 11.2. The molecule has 4 nitrogen and oxygen atoms in total. The standard InChI is InChI=1S/C8H6ClNO3/c9-5-1-4-7(2-6(5)11)13-3-10-8(4)12/h1-2,11H,3H2,(H,10,12). The number of hydrogen-bond acceptors (Lipinski definition) is 3. The molecule has 2 rings (SSSR count). The normalized spacial score (nSPS) is 14.4. The van der Waals surface area contributed by atoms with Crippen LogP contribution in [0.3, 0.4) is 0 Å².